The molecule has 0 saturated carbocycles. The van der Waals surface area contributed by atoms with Gasteiger partial charge in [0.2, 0.25) is 3.79 Å². The van der Waals surface area contributed by atoms with E-state index in [1.54, 1.807) is 0 Å². The number of rotatable bonds is 0. The summed E-state index contributed by atoms with van der Waals surface area (Å²) in [5.74, 6) is -0.461. The smallest absolute Gasteiger partial charge is 0.246 e. The number of aliphatic hydroxyl groups excluding tert-OH is 1. The maximum absolute atomic E-state index is 8.30. The number of aliphatic hydroxyl groups is 1. The van der Waals surface area contributed by atoms with Gasteiger partial charge in [0.25, 0.3) is 0 Å². The summed E-state index contributed by atoms with van der Waals surface area (Å²) >= 11 is 15.1. The summed E-state index contributed by atoms with van der Waals surface area (Å²) in [5, 5.41) is 8.30. The van der Waals surface area contributed by atoms with Crippen molar-refractivity contribution in [2.45, 2.75) is 3.79 Å². The standard InChI is InChI=1S/C3H3Cl3O/c1-2(7)3(4,5)6/h7H,1H2. The Morgan fingerprint density at radius 1 is 1.43 bits per heavy atom. The van der Waals surface area contributed by atoms with E-state index in [0.29, 0.717) is 0 Å². The van der Waals surface area contributed by atoms with Crippen LogP contribution >= 0.6 is 34.8 Å². The van der Waals surface area contributed by atoms with E-state index < -0.39 is 9.55 Å². The van der Waals surface area contributed by atoms with Crippen molar-refractivity contribution < 1.29 is 5.11 Å². The number of alkyl halides is 3. The van der Waals surface area contributed by atoms with E-state index in [1.807, 2.05) is 0 Å². The van der Waals surface area contributed by atoms with E-state index in [2.05, 4.69) is 6.58 Å². The van der Waals surface area contributed by atoms with Crippen LogP contribution in [0.15, 0.2) is 12.3 Å². The zero-order valence-corrected chi connectivity index (χ0v) is 5.56. The Balaban J connectivity index is 3.79. The third kappa shape index (κ3) is 3.03. The highest BCUT2D eigenvalue weighted by Crippen LogP contribution is 2.31. The number of hydrogen-bond acceptors (Lipinski definition) is 1. The molecule has 0 aliphatic carbocycles. The van der Waals surface area contributed by atoms with Crippen molar-refractivity contribution in [1.82, 2.24) is 0 Å². The van der Waals surface area contributed by atoms with E-state index in [1.165, 1.54) is 0 Å². The van der Waals surface area contributed by atoms with Gasteiger partial charge in [-0.15, -0.1) is 0 Å². The van der Waals surface area contributed by atoms with E-state index in [9.17, 15) is 0 Å². The van der Waals surface area contributed by atoms with Crippen LogP contribution in [0.25, 0.3) is 0 Å². The van der Waals surface area contributed by atoms with E-state index in [0.717, 1.165) is 0 Å². The van der Waals surface area contributed by atoms with Gasteiger partial charge in [-0.05, 0) is 0 Å². The summed E-state index contributed by atoms with van der Waals surface area (Å²) in [7, 11) is 0. The fourth-order valence-electron chi connectivity index (χ4n) is 0. The SMILES string of the molecule is C=C(O)C(Cl)(Cl)Cl. The average molecular weight is 161 g/mol. The summed E-state index contributed by atoms with van der Waals surface area (Å²) in [4.78, 5) is 0. The summed E-state index contributed by atoms with van der Waals surface area (Å²) in [5.41, 5.74) is 0. The van der Waals surface area contributed by atoms with Crippen LogP contribution in [0.4, 0.5) is 0 Å². The Morgan fingerprint density at radius 3 is 1.57 bits per heavy atom. The van der Waals surface area contributed by atoms with Crippen molar-refractivity contribution in [3.8, 4) is 0 Å². The summed E-state index contributed by atoms with van der Waals surface area (Å²) in [6.07, 6.45) is 0. The van der Waals surface area contributed by atoms with Crippen molar-refractivity contribution in [2.24, 2.45) is 0 Å². The predicted molar refractivity (Wildman–Crippen MR) is 32.1 cm³/mol. The highest BCUT2D eigenvalue weighted by Gasteiger charge is 2.22. The Kier molecular flexibility index (Phi) is 2.24. The Labute approximate surface area is 56.5 Å². The lowest BCUT2D eigenvalue weighted by molar-refractivity contribution is 0.405. The molecule has 0 aromatic heterocycles. The van der Waals surface area contributed by atoms with Crippen molar-refractivity contribution in [3.05, 3.63) is 12.3 Å². The first-order valence-electron chi connectivity index (χ1n) is 1.39. The van der Waals surface area contributed by atoms with Crippen LogP contribution in [0.3, 0.4) is 0 Å². The van der Waals surface area contributed by atoms with Gasteiger partial charge in [-0.1, -0.05) is 41.4 Å². The van der Waals surface area contributed by atoms with Gasteiger partial charge >= 0.3 is 0 Å². The quantitative estimate of drug-likeness (QED) is 0.427. The van der Waals surface area contributed by atoms with Crippen LogP contribution in [0, 0.1) is 0 Å². The zero-order valence-electron chi connectivity index (χ0n) is 3.29. The largest absolute Gasteiger partial charge is 0.508 e. The van der Waals surface area contributed by atoms with E-state index in [4.69, 9.17) is 39.9 Å². The monoisotopic (exact) mass is 160 g/mol. The average Bonchev–Trinajstić information content (AvgIpc) is 1.31. The van der Waals surface area contributed by atoms with E-state index >= 15 is 0 Å². The highest BCUT2D eigenvalue weighted by atomic mass is 35.6. The van der Waals surface area contributed by atoms with Gasteiger partial charge in [0.1, 0.15) is 5.76 Å². The van der Waals surface area contributed by atoms with Gasteiger partial charge in [0.05, 0.1) is 0 Å². The number of hydrogen-bond donors (Lipinski definition) is 1. The van der Waals surface area contributed by atoms with Crippen molar-refractivity contribution in [2.75, 3.05) is 0 Å². The summed E-state index contributed by atoms with van der Waals surface area (Å²) in [6, 6.07) is 0. The van der Waals surface area contributed by atoms with Crippen LogP contribution in [0.1, 0.15) is 0 Å². The second-order valence-corrected chi connectivity index (χ2v) is 3.23. The van der Waals surface area contributed by atoms with Crippen LogP contribution in [0.5, 0.6) is 0 Å². The van der Waals surface area contributed by atoms with Crippen molar-refractivity contribution in [1.29, 1.82) is 0 Å². The molecular weight excluding hydrogens is 158 g/mol. The molecule has 0 spiro atoms. The predicted octanol–water partition coefficient (Wildman–Crippen LogP) is 2.43. The first kappa shape index (κ1) is 7.41. The van der Waals surface area contributed by atoms with Gasteiger partial charge in [0.15, 0.2) is 0 Å². The Hall–Kier alpha value is 0.410. The molecule has 0 aromatic rings. The third-order valence-electron chi connectivity index (χ3n) is 0.327. The normalized spacial score (nSPS) is 11.3. The molecule has 0 radical (unpaired) electrons. The molecule has 0 atom stereocenters. The minimum absolute atomic E-state index is 0.461. The summed E-state index contributed by atoms with van der Waals surface area (Å²) in [6.45, 7) is 2.99. The van der Waals surface area contributed by atoms with Gasteiger partial charge in [-0.25, -0.2) is 0 Å². The molecule has 0 rings (SSSR count). The highest BCUT2D eigenvalue weighted by molar-refractivity contribution is 6.69. The maximum Gasteiger partial charge on any atom is 0.246 e. The molecule has 42 valence electrons. The Morgan fingerprint density at radius 2 is 1.57 bits per heavy atom. The zero-order chi connectivity index (χ0) is 6.08. The van der Waals surface area contributed by atoms with Crippen LogP contribution in [0.2, 0.25) is 0 Å². The summed E-state index contributed by atoms with van der Waals surface area (Å²) < 4.78 is -1.72. The van der Waals surface area contributed by atoms with Gasteiger partial charge in [0, 0.05) is 0 Å². The molecule has 1 nitrogen and oxygen atoms in total. The fraction of sp³-hybridized carbons (Fsp3) is 0.333. The van der Waals surface area contributed by atoms with E-state index in [-0.39, 0.29) is 0 Å². The maximum atomic E-state index is 8.30. The molecule has 0 aliphatic rings. The third-order valence-corrected chi connectivity index (χ3v) is 0.982. The lowest BCUT2D eigenvalue weighted by Crippen LogP contribution is -2.03. The first-order chi connectivity index (χ1) is 2.94. The Bertz CT molecular complexity index is 82.7. The van der Waals surface area contributed by atoms with Crippen LogP contribution < -0.4 is 0 Å². The molecule has 0 unspecified atom stereocenters. The minimum atomic E-state index is -1.72. The minimum Gasteiger partial charge on any atom is -0.508 e. The molecule has 1 N–H and O–H groups in total. The fourth-order valence-corrected chi connectivity index (χ4v) is 0. The molecule has 0 bridgehead atoms. The van der Waals surface area contributed by atoms with Crippen molar-refractivity contribution in [3.63, 3.8) is 0 Å². The molecule has 0 fully saturated rings. The molecule has 4 heteroatoms. The molecule has 7 heavy (non-hydrogen) atoms. The second kappa shape index (κ2) is 2.12. The first-order valence-corrected chi connectivity index (χ1v) is 2.53. The number of allylic oxidation sites excluding steroid dienone is 1. The van der Waals surface area contributed by atoms with Gasteiger partial charge < -0.3 is 5.11 Å². The van der Waals surface area contributed by atoms with Crippen LogP contribution in [-0.4, -0.2) is 8.90 Å². The lowest BCUT2D eigenvalue weighted by atomic mass is 10.7. The second-order valence-electron chi connectivity index (χ2n) is 0.944. The van der Waals surface area contributed by atoms with Crippen molar-refractivity contribution >= 4 is 34.8 Å². The van der Waals surface area contributed by atoms with Gasteiger partial charge in [-0.3, -0.25) is 0 Å². The molecule has 0 aliphatic heterocycles. The molecule has 0 aromatic carbocycles. The molecule has 0 amide bonds. The van der Waals surface area contributed by atoms with Gasteiger partial charge in [-0.2, -0.15) is 0 Å². The topological polar surface area (TPSA) is 20.2 Å². The molecule has 0 heterocycles. The number of halogens is 3. The molecular formula is C3H3Cl3O. The lowest BCUT2D eigenvalue weighted by Gasteiger charge is -2.05. The van der Waals surface area contributed by atoms with Crippen LogP contribution in [-0.2, 0) is 0 Å². The molecule has 0 saturated heterocycles.